The molecule has 0 saturated carbocycles. The largest absolute Gasteiger partial charge is 0.460 e. The van der Waals surface area contributed by atoms with E-state index in [1.54, 1.807) is 17.6 Å². The average Bonchev–Trinajstić information content (AvgIpc) is 2.86. The normalized spacial score (nSPS) is 11.9. The highest BCUT2D eigenvalue weighted by Gasteiger charge is 2.21. The van der Waals surface area contributed by atoms with Gasteiger partial charge in [-0.05, 0) is 41.0 Å². The molecule has 0 amide bonds. The lowest BCUT2D eigenvalue weighted by Crippen LogP contribution is -2.22. The molecule has 0 aliphatic heterocycles. The van der Waals surface area contributed by atoms with Crippen LogP contribution in [0.2, 0.25) is 30.7 Å². The number of esters is 1. The quantitative estimate of drug-likeness (QED) is 0.352. The lowest BCUT2D eigenvalue weighted by molar-refractivity contribution is 0.0468. The molecule has 0 atom stereocenters. The van der Waals surface area contributed by atoms with E-state index < -0.39 is 14.0 Å². The van der Waals surface area contributed by atoms with E-state index in [2.05, 4.69) is 40.6 Å². The van der Waals surface area contributed by atoms with Crippen LogP contribution in [-0.4, -0.2) is 36.8 Å². The molecule has 0 fully saturated rings. The van der Waals surface area contributed by atoms with E-state index in [9.17, 15) is 4.79 Å². The Morgan fingerprint density at radius 2 is 2.08 bits per heavy atom. The highest BCUT2D eigenvalue weighted by molar-refractivity contribution is 9.10. The second kappa shape index (κ2) is 7.99. The summed E-state index contributed by atoms with van der Waals surface area (Å²) in [6, 6.07) is 4.66. The van der Waals surface area contributed by atoms with Crippen molar-refractivity contribution in [2.75, 3.05) is 13.2 Å². The van der Waals surface area contributed by atoms with Crippen LogP contribution in [0.15, 0.2) is 16.6 Å². The molecule has 0 saturated heterocycles. The predicted octanol–water partition coefficient (Wildman–Crippen LogP) is 4.94. The molecule has 132 valence electrons. The van der Waals surface area contributed by atoms with Crippen molar-refractivity contribution in [2.45, 2.75) is 39.3 Å². The second-order valence-corrected chi connectivity index (χ2v) is 13.5. The first-order chi connectivity index (χ1) is 11.2. The number of ether oxygens (including phenoxy) is 2. The Hall–Kier alpha value is -0.893. The number of fused-ring (bicyclic) bond motifs is 1. The van der Waals surface area contributed by atoms with Gasteiger partial charge in [-0.15, -0.1) is 0 Å². The molecular weight excluding hydrogens is 412 g/mol. The number of imidazole rings is 1. The van der Waals surface area contributed by atoms with Gasteiger partial charge in [-0.25, -0.2) is 9.78 Å². The van der Waals surface area contributed by atoms with Gasteiger partial charge in [0.15, 0.2) is 0 Å². The van der Waals surface area contributed by atoms with Gasteiger partial charge in [0.05, 0.1) is 21.6 Å². The molecule has 0 bridgehead atoms. The summed E-state index contributed by atoms with van der Waals surface area (Å²) >= 11 is 9.56. The molecule has 0 spiro atoms. The third-order valence-electron chi connectivity index (χ3n) is 3.49. The fourth-order valence-corrected chi connectivity index (χ4v) is 3.48. The zero-order chi connectivity index (χ0) is 17.9. The van der Waals surface area contributed by atoms with Gasteiger partial charge in [0.2, 0.25) is 5.82 Å². The minimum absolute atomic E-state index is 0.225. The number of hydrogen-bond acceptors (Lipinski definition) is 4. The summed E-state index contributed by atoms with van der Waals surface area (Å²) in [6.45, 7) is 9.86. The maximum atomic E-state index is 12.2. The Kier molecular flexibility index (Phi) is 6.47. The van der Waals surface area contributed by atoms with E-state index in [0.717, 1.165) is 11.6 Å². The van der Waals surface area contributed by atoms with Gasteiger partial charge in [-0.1, -0.05) is 31.2 Å². The van der Waals surface area contributed by atoms with E-state index in [4.69, 9.17) is 21.1 Å². The molecular formula is C16H22BrClN2O3Si. The van der Waals surface area contributed by atoms with Crippen molar-refractivity contribution in [2.24, 2.45) is 0 Å². The molecule has 0 aliphatic rings. The van der Waals surface area contributed by atoms with Crippen LogP contribution in [0.4, 0.5) is 0 Å². The molecule has 2 rings (SSSR count). The number of carbonyl (C=O) groups is 1. The first kappa shape index (κ1) is 19.4. The summed E-state index contributed by atoms with van der Waals surface area (Å²) in [4.78, 5) is 16.6. The van der Waals surface area contributed by atoms with Gasteiger partial charge in [-0.3, -0.25) is 4.57 Å². The highest BCUT2D eigenvalue weighted by Crippen LogP contribution is 2.31. The van der Waals surface area contributed by atoms with Crippen LogP contribution in [0.25, 0.3) is 11.0 Å². The van der Waals surface area contributed by atoms with Crippen molar-refractivity contribution in [3.63, 3.8) is 0 Å². The van der Waals surface area contributed by atoms with Gasteiger partial charge in [0.1, 0.15) is 12.2 Å². The molecule has 1 aromatic heterocycles. The molecule has 24 heavy (non-hydrogen) atoms. The number of aromatic nitrogens is 2. The minimum Gasteiger partial charge on any atom is -0.460 e. The summed E-state index contributed by atoms with van der Waals surface area (Å²) in [5.41, 5.74) is 1.40. The Bertz CT molecular complexity index is 743. The van der Waals surface area contributed by atoms with E-state index in [0.29, 0.717) is 28.2 Å². The van der Waals surface area contributed by atoms with E-state index in [1.807, 2.05) is 6.07 Å². The van der Waals surface area contributed by atoms with Gasteiger partial charge < -0.3 is 9.47 Å². The van der Waals surface area contributed by atoms with Crippen molar-refractivity contribution in [1.29, 1.82) is 0 Å². The number of halogens is 2. The molecule has 1 heterocycles. The van der Waals surface area contributed by atoms with Crippen molar-refractivity contribution >= 4 is 52.6 Å². The first-order valence-corrected chi connectivity index (χ1v) is 12.7. The minimum atomic E-state index is -1.16. The third-order valence-corrected chi connectivity index (χ3v) is 6.54. The van der Waals surface area contributed by atoms with Gasteiger partial charge in [0.25, 0.3) is 0 Å². The Balaban J connectivity index is 2.32. The molecule has 2 aromatic rings. The third kappa shape index (κ3) is 4.59. The summed E-state index contributed by atoms with van der Waals surface area (Å²) in [5.74, 6) is -0.242. The van der Waals surface area contributed by atoms with Crippen LogP contribution in [0.3, 0.4) is 0 Å². The number of rotatable bonds is 7. The fourth-order valence-electron chi connectivity index (χ4n) is 2.15. The summed E-state index contributed by atoms with van der Waals surface area (Å²) in [6.07, 6.45) is 0. The maximum Gasteiger partial charge on any atom is 0.374 e. The Labute approximate surface area is 156 Å². The fraction of sp³-hybridized carbons (Fsp3) is 0.500. The van der Waals surface area contributed by atoms with Crippen LogP contribution in [0.1, 0.15) is 17.5 Å². The smallest absolute Gasteiger partial charge is 0.374 e. The van der Waals surface area contributed by atoms with E-state index >= 15 is 0 Å². The molecule has 0 N–H and O–H groups in total. The van der Waals surface area contributed by atoms with Crippen molar-refractivity contribution in [3.05, 3.63) is 27.5 Å². The van der Waals surface area contributed by atoms with Crippen LogP contribution in [0.5, 0.6) is 0 Å². The predicted molar refractivity (Wildman–Crippen MR) is 103 cm³/mol. The SMILES string of the molecule is CCOC(=O)c1nc2c(Br)c(Cl)ccc2n1COCC[Si](C)(C)C. The average molecular weight is 434 g/mol. The number of carbonyl (C=O) groups excluding carboxylic acids is 1. The number of benzene rings is 1. The summed E-state index contributed by atoms with van der Waals surface area (Å²) in [7, 11) is -1.16. The van der Waals surface area contributed by atoms with Crippen LogP contribution in [0, 0.1) is 0 Å². The summed E-state index contributed by atoms with van der Waals surface area (Å²) in [5, 5.41) is 0.544. The van der Waals surface area contributed by atoms with Crippen LogP contribution in [-0.2, 0) is 16.2 Å². The Morgan fingerprint density at radius 3 is 2.71 bits per heavy atom. The zero-order valence-corrected chi connectivity index (χ0v) is 17.7. The van der Waals surface area contributed by atoms with Crippen LogP contribution >= 0.6 is 27.5 Å². The first-order valence-electron chi connectivity index (χ1n) is 7.83. The van der Waals surface area contributed by atoms with E-state index in [-0.39, 0.29) is 12.6 Å². The molecule has 0 unspecified atom stereocenters. The highest BCUT2D eigenvalue weighted by atomic mass is 79.9. The molecule has 0 aliphatic carbocycles. The lowest BCUT2D eigenvalue weighted by atomic mass is 10.3. The van der Waals surface area contributed by atoms with Crippen molar-refractivity contribution < 1.29 is 14.3 Å². The standard InChI is InChI=1S/C16H22BrClN2O3Si/c1-5-23-16(21)15-19-14-12(7-6-11(18)13(14)17)20(15)10-22-8-9-24(2,3)4/h6-7H,5,8-10H2,1-4H3. The monoisotopic (exact) mass is 432 g/mol. The second-order valence-electron chi connectivity index (χ2n) is 6.66. The van der Waals surface area contributed by atoms with Crippen molar-refractivity contribution in [1.82, 2.24) is 9.55 Å². The lowest BCUT2D eigenvalue weighted by Gasteiger charge is -2.16. The zero-order valence-electron chi connectivity index (χ0n) is 14.4. The topological polar surface area (TPSA) is 53.3 Å². The van der Waals surface area contributed by atoms with Gasteiger partial charge >= 0.3 is 5.97 Å². The van der Waals surface area contributed by atoms with Crippen molar-refractivity contribution in [3.8, 4) is 0 Å². The molecule has 1 aromatic carbocycles. The van der Waals surface area contributed by atoms with Gasteiger partial charge in [-0.2, -0.15) is 0 Å². The number of nitrogens with zero attached hydrogens (tertiary/aromatic N) is 2. The molecule has 5 nitrogen and oxygen atoms in total. The Morgan fingerprint density at radius 1 is 1.38 bits per heavy atom. The van der Waals surface area contributed by atoms with E-state index in [1.165, 1.54) is 0 Å². The number of hydrogen-bond donors (Lipinski definition) is 0. The maximum absolute atomic E-state index is 12.2. The van der Waals surface area contributed by atoms with Crippen LogP contribution < -0.4 is 0 Å². The van der Waals surface area contributed by atoms with Gasteiger partial charge in [0, 0.05) is 14.7 Å². The molecule has 0 radical (unpaired) electrons. The molecule has 8 heteroatoms. The summed E-state index contributed by atoms with van der Waals surface area (Å²) < 4.78 is 13.3.